The van der Waals surface area contributed by atoms with Gasteiger partial charge in [-0.15, -0.1) is 0 Å². The zero-order valence-electron chi connectivity index (χ0n) is 9.12. The van der Waals surface area contributed by atoms with Crippen molar-refractivity contribution in [2.45, 2.75) is 26.6 Å². The summed E-state index contributed by atoms with van der Waals surface area (Å²) in [6.07, 6.45) is 2.11. The van der Waals surface area contributed by atoms with Crippen LogP contribution >= 0.6 is 0 Å². The molecule has 14 heavy (non-hydrogen) atoms. The summed E-state index contributed by atoms with van der Waals surface area (Å²) in [5.41, 5.74) is 3.36. The predicted molar refractivity (Wildman–Crippen MR) is 64.3 cm³/mol. The van der Waals surface area contributed by atoms with Crippen LogP contribution in [0, 0.1) is 0 Å². The van der Waals surface area contributed by atoms with Gasteiger partial charge in [-0.3, -0.25) is 0 Å². The minimum Gasteiger partial charge on any atom is -0.392 e. The van der Waals surface area contributed by atoms with E-state index in [1.807, 2.05) is 18.2 Å². The summed E-state index contributed by atoms with van der Waals surface area (Å²) >= 11 is 0. The topological polar surface area (TPSA) is 20.2 Å². The van der Waals surface area contributed by atoms with Crippen LogP contribution in [0.25, 0.3) is 0 Å². The number of hydrogen-bond acceptors (Lipinski definition) is 1. The fraction of sp³-hybridized carbons (Fsp3) is 0.333. The van der Waals surface area contributed by atoms with E-state index in [4.69, 9.17) is 0 Å². The molecule has 0 atom stereocenters. The minimum absolute atomic E-state index is 0.143. The second-order valence-corrected chi connectivity index (χ2v) is 8.35. The summed E-state index contributed by atoms with van der Waals surface area (Å²) in [6.45, 7) is 6.78. The van der Waals surface area contributed by atoms with Gasteiger partial charge >= 0.3 is 0 Å². The molecule has 0 aliphatic heterocycles. The standard InChI is InChI=1S/C12H18OSi/c1-4-9-14(2,3)12-8-6-5-7-11(12)10-13/h4-9,13H,10H2,1-3H3/b9-4-. The molecular formula is C12H18OSi. The van der Waals surface area contributed by atoms with Crippen LogP contribution in [-0.4, -0.2) is 13.2 Å². The molecule has 1 nitrogen and oxygen atoms in total. The average Bonchev–Trinajstić information content (AvgIpc) is 2.18. The van der Waals surface area contributed by atoms with E-state index in [0.29, 0.717) is 0 Å². The van der Waals surface area contributed by atoms with E-state index in [9.17, 15) is 5.11 Å². The maximum Gasteiger partial charge on any atom is 0.104 e. The lowest BCUT2D eigenvalue weighted by molar-refractivity contribution is 0.283. The van der Waals surface area contributed by atoms with E-state index in [0.717, 1.165) is 5.56 Å². The first-order chi connectivity index (χ1) is 6.61. The SMILES string of the molecule is C/C=C\[Si](C)(C)c1ccccc1CO. The largest absolute Gasteiger partial charge is 0.392 e. The number of rotatable bonds is 3. The van der Waals surface area contributed by atoms with Crippen LogP contribution in [0.2, 0.25) is 13.1 Å². The molecule has 1 rings (SSSR count). The Hall–Kier alpha value is -0.863. The van der Waals surface area contributed by atoms with Crippen LogP contribution in [0.3, 0.4) is 0 Å². The van der Waals surface area contributed by atoms with Crippen molar-refractivity contribution in [2.75, 3.05) is 0 Å². The fourth-order valence-electron chi connectivity index (χ4n) is 1.79. The second-order valence-electron chi connectivity index (χ2n) is 4.04. The Morgan fingerprint density at radius 1 is 1.29 bits per heavy atom. The lowest BCUT2D eigenvalue weighted by Gasteiger charge is -2.21. The van der Waals surface area contributed by atoms with Gasteiger partial charge < -0.3 is 5.11 Å². The Bertz CT molecular complexity index is 329. The van der Waals surface area contributed by atoms with Crippen molar-refractivity contribution >= 4 is 13.3 Å². The van der Waals surface area contributed by atoms with E-state index in [1.165, 1.54) is 5.19 Å². The average molecular weight is 206 g/mol. The van der Waals surface area contributed by atoms with E-state index < -0.39 is 8.07 Å². The zero-order valence-corrected chi connectivity index (χ0v) is 10.1. The molecule has 76 valence electrons. The quantitative estimate of drug-likeness (QED) is 0.752. The maximum atomic E-state index is 9.25. The van der Waals surface area contributed by atoms with Gasteiger partial charge in [0.15, 0.2) is 0 Å². The summed E-state index contributed by atoms with van der Waals surface area (Å²) in [6, 6.07) is 8.17. The molecule has 0 radical (unpaired) electrons. The molecule has 0 heterocycles. The first-order valence-electron chi connectivity index (χ1n) is 4.95. The van der Waals surface area contributed by atoms with E-state index in [-0.39, 0.29) is 6.61 Å². The third-order valence-corrected chi connectivity index (χ3v) is 5.51. The molecule has 0 fully saturated rings. The molecular weight excluding hydrogens is 188 g/mol. The Kier molecular flexibility index (Phi) is 3.67. The van der Waals surface area contributed by atoms with Gasteiger partial charge in [0, 0.05) is 0 Å². The third-order valence-electron chi connectivity index (χ3n) is 2.47. The molecule has 0 saturated carbocycles. The molecule has 0 aromatic heterocycles. The highest BCUT2D eigenvalue weighted by Crippen LogP contribution is 2.09. The smallest absolute Gasteiger partial charge is 0.104 e. The van der Waals surface area contributed by atoms with Gasteiger partial charge in [-0.25, -0.2) is 0 Å². The third kappa shape index (κ3) is 2.34. The van der Waals surface area contributed by atoms with Gasteiger partial charge in [0.1, 0.15) is 8.07 Å². The van der Waals surface area contributed by atoms with Crippen LogP contribution in [0.15, 0.2) is 36.0 Å². The van der Waals surface area contributed by atoms with Crippen molar-refractivity contribution in [3.05, 3.63) is 41.6 Å². The Morgan fingerprint density at radius 3 is 2.50 bits per heavy atom. The highest BCUT2D eigenvalue weighted by Gasteiger charge is 2.21. The Morgan fingerprint density at radius 2 is 1.93 bits per heavy atom. The number of hydrogen-bond donors (Lipinski definition) is 1. The number of aliphatic hydroxyl groups is 1. The van der Waals surface area contributed by atoms with Crippen molar-refractivity contribution in [1.82, 2.24) is 0 Å². The predicted octanol–water partition coefficient (Wildman–Crippen LogP) is 2.21. The summed E-state index contributed by atoms with van der Waals surface area (Å²) in [5, 5.41) is 10.6. The monoisotopic (exact) mass is 206 g/mol. The Labute approximate surface area is 87.1 Å². The second kappa shape index (κ2) is 4.58. The van der Waals surface area contributed by atoms with Gasteiger partial charge in [0.2, 0.25) is 0 Å². The Balaban J connectivity index is 3.17. The van der Waals surface area contributed by atoms with Gasteiger partial charge in [0.25, 0.3) is 0 Å². The van der Waals surface area contributed by atoms with Crippen molar-refractivity contribution in [1.29, 1.82) is 0 Å². The van der Waals surface area contributed by atoms with Crippen molar-refractivity contribution in [2.24, 2.45) is 0 Å². The van der Waals surface area contributed by atoms with E-state index >= 15 is 0 Å². The van der Waals surface area contributed by atoms with Crippen molar-refractivity contribution in [3.8, 4) is 0 Å². The highest BCUT2D eigenvalue weighted by atomic mass is 28.3. The molecule has 0 saturated heterocycles. The molecule has 0 aliphatic rings. The summed E-state index contributed by atoms with van der Waals surface area (Å²) in [7, 11) is -1.49. The lowest BCUT2D eigenvalue weighted by Crippen LogP contribution is -2.41. The normalized spacial score (nSPS) is 12.3. The number of aliphatic hydroxyl groups excluding tert-OH is 1. The number of allylic oxidation sites excluding steroid dienone is 1. The maximum absolute atomic E-state index is 9.25. The van der Waals surface area contributed by atoms with Crippen LogP contribution in [0.5, 0.6) is 0 Å². The molecule has 0 spiro atoms. The fourth-order valence-corrected chi connectivity index (χ4v) is 4.32. The minimum atomic E-state index is -1.49. The van der Waals surface area contributed by atoms with E-state index in [2.05, 4.69) is 37.9 Å². The highest BCUT2D eigenvalue weighted by molar-refractivity contribution is 6.94. The van der Waals surface area contributed by atoms with Crippen molar-refractivity contribution < 1.29 is 5.11 Å². The molecule has 2 heteroatoms. The first kappa shape index (κ1) is 11.2. The molecule has 1 aromatic rings. The molecule has 0 unspecified atom stereocenters. The van der Waals surface area contributed by atoms with Crippen LogP contribution in [0.4, 0.5) is 0 Å². The van der Waals surface area contributed by atoms with Crippen LogP contribution < -0.4 is 5.19 Å². The summed E-state index contributed by atoms with van der Waals surface area (Å²) in [5.74, 6) is 0. The van der Waals surface area contributed by atoms with Crippen molar-refractivity contribution in [3.63, 3.8) is 0 Å². The van der Waals surface area contributed by atoms with Crippen LogP contribution in [-0.2, 0) is 6.61 Å². The zero-order chi connectivity index (χ0) is 10.6. The lowest BCUT2D eigenvalue weighted by atomic mass is 10.2. The molecule has 1 aromatic carbocycles. The van der Waals surface area contributed by atoms with Gasteiger partial charge in [-0.2, -0.15) is 0 Å². The summed E-state index contributed by atoms with van der Waals surface area (Å²) < 4.78 is 0. The molecule has 0 amide bonds. The molecule has 0 aliphatic carbocycles. The van der Waals surface area contributed by atoms with Gasteiger partial charge in [-0.1, -0.05) is 49.1 Å². The molecule has 1 N–H and O–H groups in total. The molecule has 0 bridgehead atoms. The van der Waals surface area contributed by atoms with Gasteiger partial charge in [0.05, 0.1) is 6.61 Å². The van der Waals surface area contributed by atoms with E-state index in [1.54, 1.807) is 0 Å². The first-order valence-corrected chi connectivity index (χ1v) is 8.02. The van der Waals surface area contributed by atoms with Gasteiger partial charge in [-0.05, 0) is 17.7 Å². The summed E-state index contributed by atoms with van der Waals surface area (Å²) in [4.78, 5) is 0. The number of benzene rings is 1. The van der Waals surface area contributed by atoms with Crippen LogP contribution in [0.1, 0.15) is 12.5 Å².